The molecule has 0 N–H and O–H groups in total. The highest BCUT2D eigenvalue weighted by Gasteiger charge is 2.32. The van der Waals surface area contributed by atoms with Crippen LogP contribution in [-0.2, 0) is 0 Å². The number of ether oxygens (including phenoxy) is 1. The van der Waals surface area contributed by atoms with E-state index in [-0.39, 0.29) is 27.3 Å². The summed E-state index contributed by atoms with van der Waals surface area (Å²) in [7, 11) is 0. The van der Waals surface area contributed by atoms with Crippen molar-refractivity contribution in [3.63, 3.8) is 0 Å². The van der Waals surface area contributed by atoms with Crippen molar-refractivity contribution < 1.29 is 18.7 Å². The fourth-order valence-electron chi connectivity index (χ4n) is 2.06. The van der Waals surface area contributed by atoms with Gasteiger partial charge in [0.15, 0.2) is 5.76 Å². The van der Waals surface area contributed by atoms with Crippen molar-refractivity contribution in [1.29, 1.82) is 0 Å². The van der Waals surface area contributed by atoms with Gasteiger partial charge in [-0.15, -0.1) is 0 Å². The Kier molecular flexibility index (Phi) is 3.43. The summed E-state index contributed by atoms with van der Waals surface area (Å²) in [5, 5.41) is 0. The number of ketones is 2. The molecule has 5 heteroatoms. The highest BCUT2D eigenvalue weighted by Crippen LogP contribution is 2.31. The number of rotatable bonds is 2. The van der Waals surface area contributed by atoms with Gasteiger partial charge in [0, 0.05) is 17.2 Å². The highest BCUT2D eigenvalue weighted by molar-refractivity contribution is 9.12. The molecule has 1 aliphatic carbocycles. The van der Waals surface area contributed by atoms with E-state index in [9.17, 15) is 14.0 Å². The summed E-state index contributed by atoms with van der Waals surface area (Å²) in [4.78, 5) is 24.6. The van der Waals surface area contributed by atoms with E-state index >= 15 is 0 Å². The van der Waals surface area contributed by atoms with Crippen molar-refractivity contribution in [3.05, 3.63) is 75.7 Å². The zero-order valence-electron chi connectivity index (χ0n) is 10.6. The fraction of sp³-hybridized carbons (Fsp3) is 0. The molecular weight excluding hydrogens is 339 g/mol. The normalized spacial score (nSPS) is 14.2. The van der Waals surface area contributed by atoms with Crippen LogP contribution >= 0.6 is 15.9 Å². The second kappa shape index (κ2) is 5.26. The first-order chi connectivity index (χ1) is 10.1. The van der Waals surface area contributed by atoms with Gasteiger partial charge in [-0.05, 0) is 28.1 Å². The van der Waals surface area contributed by atoms with E-state index < -0.39 is 11.6 Å². The maximum atomic E-state index is 13.2. The number of halogens is 2. The quantitative estimate of drug-likeness (QED) is 0.828. The third-order valence-electron chi connectivity index (χ3n) is 3.04. The molecule has 2 aromatic rings. The lowest BCUT2D eigenvalue weighted by molar-refractivity contribution is 0.0944. The largest absolute Gasteiger partial charge is 0.452 e. The Morgan fingerprint density at radius 3 is 2.24 bits per heavy atom. The lowest BCUT2D eigenvalue weighted by atomic mass is 9.93. The molecule has 3 rings (SSSR count). The molecule has 0 amide bonds. The number of Topliss-reactive ketones (excluding diaryl/α,β-unsaturated/α-hetero) is 2. The van der Waals surface area contributed by atoms with Crippen LogP contribution in [0.4, 0.5) is 4.39 Å². The average molecular weight is 347 g/mol. The van der Waals surface area contributed by atoms with Crippen LogP contribution < -0.4 is 4.74 Å². The standard InChI is InChI=1S/C16H8BrFO3/c17-13-14(19)11-6-1-2-7-12(11)15(20)16(13)21-10-5-3-4-9(18)8-10/h1-8H. The summed E-state index contributed by atoms with van der Waals surface area (Å²) >= 11 is 3.10. The van der Waals surface area contributed by atoms with Gasteiger partial charge in [0.25, 0.3) is 0 Å². The number of carbonyl (C=O) groups excluding carboxylic acids is 2. The molecule has 0 atom stereocenters. The molecule has 2 aromatic carbocycles. The predicted octanol–water partition coefficient (Wildman–Crippen LogP) is 3.89. The summed E-state index contributed by atoms with van der Waals surface area (Å²) in [6.45, 7) is 0. The Hall–Kier alpha value is -2.27. The summed E-state index contributed by atoms with van der Waals surface area (Å²) in [5.41, 5.74) is 0.595. The van der Waals surface area contributed by atoms with E-state index in [0.717, 1.165) is 6.07 Å². The van der Waals surface area contributed by atoms with Crippen LogP contribution in [0.15, 0.2) is 58.8 Å². The van der Waals surface area contributed by atoms with Gasteiger partial charge in [-0.3, -0.25) is 9.59 Å². The van der Waals surface area contributed by atoms with Crippen LogP contribution in [0.1, 0.15) is 20.7 Å². The van der Waals surface area contributed by atoms with Gasteiger partial charge in [-0.1, -0.05) is 30.3 Å². The Morgan fingerprint density at radius 1 is 0.905 bits per heavy atom. The lowest BCUT2D eigenvalue weighted by Crippen LogP contribution is -2.22. The minimum atomic E-state index is -0.487. The van der Waals surface area contributed by atoms with Crippen molar-refractivity contribution >= 4 is 27.5 Å². The molecule has 1 aliphatic rings. The number of allylic oxidation sites excluding steroid dienone is 2. The SMILES string of the molecule is O=C1C(Br)=C(Oc2cccc(F)c2)C(=O)c2ccccc21. The van der Waals surface area contributed by atoms with E-state index in [2.05, 4.69) is 15.9 Å². The lowest BCUT2D eigenvalue weighted by Gasteiger charge is -2.18. The van der Waals surface area contributed by atoms with Crippen LogP contribution in [0, 0.1) is 5.82 Å². The van der Waals surface area contributed by atoms with Crippen LogP contribution in [-0.4, -0.2) is 11.6 Å². The Labute approximate surface area is 128 Å². The molecule has 0 bridgehead atoms. The topological polar surface area (TPSA) is 43.4 Å². The van der Waals surface area contributed by atoms with E-state index in [1.54, 1.807) is 24.3 Å². The van der Waals surface area contributed by atoms with E-state index in [1.807, 2.05) is 0 Å². The second-order valence-electron chi connectivity index (χ2n) is 4.41. The molecule has 0 spiro atoms. The predicted molar refractivity (Wildman–Crippen MR) is 78.1 cm³/mol. The molecule has 0 fully saturated rings. The Balaban J connectivity index is 2.05. The maximum absolute atomic E-state index is 13.2. The van der Waals surface area contributed by atoms with Crippen molar-refractivity contribution in [2.45, 2.75) is 0 Å². The van der Waals surface area contributed by atoms with E-state index in [1.165, 1.54) is 18.2 Å². The summed E-state index contributed by atoms with van der Waals surface area (Å²) in [5.74, 6) is -1.22. The summed E-state index contributed by atoms with van der Waals surface area (Å²) in [6.07, 6.45) is 0. The molecule has 0 heterocycles. The zero-order valence-corrected chi connectivity index (χ0v) is 12.2. The minimum absolute atomic E-state index is 0.0375. The first-order valence-electron chi connectivity index (χ1n) is 6.09. The van der Waals surface area contributed by atoms with Gasteiger partial charge in [-0.2, -0.15) is 0 Å². The molecule has 3 nitrogen and oxygen atoms in total. The smallest absolute Gasteiger partial charge is 0.230 e. The monoisotopic (exact) mass is 346 g/mol. The molecule has 0 aliphatic heterocycles. The third kappa shape index (κ3) is 2.40. The van der Waals surface area contributed by atoms with Gasteiger partial charge in [-0.25, -0.2) is 4.39 Å². The van der Waals surface area contributed by atoms with Gasteiger partial charge < -0.3 is 4.74 Å². The molecule has 0 saturated heterocycles. The highest BCUT2D eigenvalue weighted by atomic mass is 79.9. The van der Waals surface area contributed by atoms with Gasteiger partial charge in [0.2, 0.25) is 11.6 Å². The number of hydrogen-bond donors (Lipinski definition) is 0. The first kappa shape index (κ1) is 13.7. The van der Waals surface area contributed by atoms with Crippen LogP contribution in [0.3, 0.4) is 0 Å². The van der Waals surface area contributed by atoms with Gasteiger partial charge >= 0.3 is 0 Å². The molecule has 0 radical (unpaired) electrons. The fourth-order valence-corrected chi connectivity index (χ4v) is 2.54. The Bertz CT molecular complexity index is 796. The van der Waals surface area contributed by atoms with Gasteiger partial charge in [0.1, 0.15) is 16.0 Å². The van der Waals surface area contributed by atoms with Crippen molar-refractivity contribution in [3.8, 4) is 5.75 Å². The van der Waals surface area contributed by atoms with Crippen molar-refractivity contribution in [2.24, 2.45) is 0 Å². The van der Waals surface area contributed by atoms with Crippen molar-refractivity contribution in [1.82, 2.24) is 0 Å². The van der Waals surface area contributed by atoms with E-state index in [0.29, 0.717) is 5.56 Å². The van der Waals surface area contributed by atoms with Crippen molar-refractivity contribution in [2.75, 3.05) is 0 Å². The average Bonchev–Trinajstić information content (AvgIpc) is 2.49. The molecule has 21 heavy (non-hydrogen) atoms. The van der Waals surface area contributed by atoms with Gasteiger partial charge in [0.05, 0.1) is 0 Å². The third-order valence-corrected chi connectivity index (χ3v) is 3.76. The summed E-state index contributed by atoms with van der Waals surface area (Å²) in [6, 6.07) is 11.9. The second-order valence-corrected chi connectivity index (χ2v) is 5.20. The number of fused-ring (bicyclic) bond motifs is 1. The van der Waals surface area contributed by atoms with Crippen LogP contribution in [0.25, 0.3) is 0 Å². The minimum Gasteiger partial charge on any atom is -0.452 e. The molecular formula is C16H8BrFO3. The number of benzene rings is 2. The maximum Gasteiger partial charge on any atom is 0.230 e. The molecule has 0 saturated carbocycles. The first-order valence-corrected chi connectivity index (χ1v) is 6.89. The van der Waals surface area contributed by atoms with Crippen LogP contribution in [0.5, 0.6) is 5.75 Å². The molecule has 0 aromatic heterocycles. The molecule has 0 unspecified atom stereocenters. The van der Waals surface area contributed by atoms with E-state index in [4.69, 9.17) is 4.74 Å². The van der Waals surface area contributed by atoms with Crippen LogP contribution in [0.2, 0.25) is 0 Å². The zero-order chi connectivity index (χ0) is 15.0. The summed E-state index contributed by atoms with van der Waals surface area (Å²) < 4.78 is 18.6. The molecule has 104 valence electrons. The number of carbonyl (C=O) groups is 2. The number of hydrogen-bond acceptors (Lipinski definition) is 3. The Morgan fingerprint density at radius 2 is 1.57 bits per heavy atom.